The van der Waals surface area contributed by atoms with Crippen molar-refractivity contribution in [3.63, 3.8) is 0 Å². The topological polar surface area (TPSA) is 39.2 Å². The number of halogens is 1. The fourth-order valence-corrected chi connectivity index (χ4v) is 1.86. The maximum atomic E-state index is 10.4. The van der Waals surface area contributed by atoms with Crippen LogP contribution in [0.2, 0.25) is 5.02 Å². The lowest BCUT2D eigenvalue weighted by Gasteiger charge is -2.01. The molecule has 0 aliphatic carbocycles. The smallest absolute Gasteiger partial charge is 0.274 e. The highest BCUT2D eigenvalue weighted by atomic mass is 35.5. The molecular formula is C11H8ClNO2S. The summed E-state index contributed by atoms with van der Waals surface area (Å²) >= 11 is 7.07. The Morgan fingerprint density at radius 2 is 2.12 bits per heavy atom. The van der Waals surface area contributed by atoms with E-state index < -0.39 is 0 Å². The van der Waals surface area contributed by atoms with E-state index in [1.165, 1.54) is 11.3 Å². The minimum Gasteiger partial charge on any atom is -0.465 e. The minimum absolute atomic E-state index is 0.399. The van der Waals surface area contributed by atoms with Crippen LogP contribution in [-0.4, -0.2) is 11.3 Å². The van der Waals surface area contributed by atoms with E-state index in [1.807, 2.05) is 12.1 Å². The SMILES string of the molecule is O=Cc1csc(OCc2ccc(Cl)cc2)n1. The van der Waals surface area contributed by atoms with Crippen molar-refractivity contribution in [1.82, 2.24) is 4.98 Å². The van der Waals surface area contributed by atoms with Crippen LogP contribution in [0.4, 0.5) is 0 Å². The van der Waals surface area contributed by atoms with E-state index in [1.54, 1.807) is 17.5 Å². The van der Waals surface area contributed by atoms with E-state index in [0.717, 1.165) is 5.56 Å². The van der Waals surface area contributed by atoms with Crippen molar-refractivity contribution >= 4 is 29.2 Å². The first-order chi connectivity index (χ1) is 7.78. The average Bonchev–Trinajstić information content (AvgIpc) is 2.76. The van der Waals surface area contributed by atoms with Crippen LogP contribution in [0.5, 0.6) is 5.19 Å². The van der Waals surface area contributed by atoms with Gasteiger partial charge in [-0.2, -0.15) is 4.98 Å². The molecule has 16 heavy (non-hydrogen) atoms. The molecule has 0 saturated carbocycles. The molecule has 0 spiro atoms. The van der Waals surface area contributed by atoms with Crippen molar-refractivity contribution < 1.29 is 9.53 Å². The summed E-state index contributed by atoms with van der Waals surface area (Å²) in [4.78, 5) is 14.4. The van der Waals surface area contributed by atoms with Crippen molar-refractivity contribution in [1.29, 1.82) is 0 Å². The molecule has 0 fully saturated rings. The minimum atomic E-state index is 0.399. The fourth-order valence-electron chi connectivity index (χ4n) is 1.12. The van der Waals surface area contributed by atoms with E-state index >= 15 is 0 Å². The molecule has 0 aliphatic rings. The van der Waals surface area contributed by atoms with E-state index in [0.29, 0.717) is 28.8 Å². The quantitative estimate of drug-likeness (QED) is 0.786. The van der Waals surface area contributed by atoms with Crippen LogP contribution in [0.15, 0.2) is 29.6 Å². The average molecular weight is 254 g/mol. The lowest BCUT2D eigenvalue weighted by atomic mass is 10.2. The van der Waals surface area contributed by atoms with Gasteiger partial charge in [0.25, 0.3) is 5.19 Å². The van der Waals surface area contributed by atoms with Gasteiger partial charge in [-0.1, -0.05) is 35.1 Å². The molecule has 1 aromatic carbocycles. The Morgan fingerprint density at radius 1 is 1.38 bits per heavy atom. The zero-order chi connectivity index (χ0) is 11.4. The molecule has 2 rings (SSSR count). The Morgan fingerprint density at radius 3 is 2.75 bits per heavy atom. The molecule has 0 bridgehead atoms. The Kier molecular flexibility index (Phi) is 3.54. The van der Waals surface area contributed by atoms with E-state index in [4.69, 9.17) is 16.3 Å². The van der Waals surface area contributed by atoms with E-state index in [9.17, 15) is 4.79 Å². The first kappa shape index (κ1) is 11.1. The maximum Gasteiger partial charge on any atom is 0.274 e. The van der Waals surface area contributed by atoms with Gasteiger partial charge in [-0.15, -0.1) is 0 Å². The summed E-state index contributed by atoms with van der Waals surface area (Å²) in [6.45, 7) is 0.420. The number of hydrogen-bond donors (Lipinski definition) is 0. The molecule has 1 aromatic heterocycles. The highest BCUT2D eigenvalue weighted by Gasteiger charge is 2.02. The third kappa shape index (κ3) is 2.81. The highest BCUT2D eigenvalue weighted by molar-refractivity contribution is 7.11. The summed E-state index contributed by atoms with van der Waals surface area (Å²) in [5, 5.41) is 2.85. The lowest BCUT2D eigenvalue weighted by molar-refractivity contribution is 0.111. The Bertz CT molecular complexity index is 481. The van der Waals surface area contributed by atoms with Crippen molar-refractivity contribution in [2.24, 2.45) is 0 Å². The number of aldehydes is 1. The number of benzene rings is 1. The summed E-state index contributed by atoms with van der Waals surface area (Å²) in [6.07, 6.45) is 0.700. The molecule has 0 radical (unpaired) electrons. The summed E-state index contributed by atoms with van der Waals surface area (Å²) in [5.41, 5.74) is 1.41. The monoisotopic (exact) mass is 253 g/mol. The second kappa shape index (κ2) is 5.09. The standard InChI is InChI=1S/C11H8ClNO2S/c12-9-3-1-8(2-4-9)6-15-11-13-10(5-14)7-16-11/h1-5,7H,6H2. The number of thiazole rings is 1. The molecule has 0 amide bonds. The summed E-state index contributed by atoms with van der Waals surface area (Å²) in [7, 11) is 0. The lowest BCUT2D eigenvalue weighted by Crippen LogP contribution is -1.94. The van der Waals surface area contributed by atoms with Crippen molar-refractivity contribution in [3.8, 4) is 5.19 Å². The van der Waals surface area contributed by atoms with Crippen LogP contribution in [0.1, 0.15) is 16.1 Å². The fraction of sp³-hybridized carbons (Fsp3) is 0.0909. The van der Waals surface area contributed by atoms with Gasteiger partial charge in [-0.3, -0.25) is 4.79 Å². The first-order valence-electron chi connectivity index (χ1n) is 4.56. The molecule has 2 aromatic rings. The number of ether oxygens (including phenoxy) is 1. The van der Waals surface area contributed by atoms with Crippen LogP contribution in [0, 0.1) is 0 Å². The summed E-state index contributed by atoms with van der Waals surface area (Å²) in [5.74, 6) is 0. The molecular weight excluding hydrogens is 246 g/mol. The van der Waals surface area contributed by atoms with Gasteiger partial charge in [0.15, 0.2) is 6.29 Å². The molecule has 0 atom stereocenters. The normalized spacial score (nSPS) is 10.1. The van der Waals surface area contributed by atoms with E-state index in [-0.39, 0.29) is 0 Å². The molecule has 82 valence electrons. The van der Waals surface area contributed by atoms with Gasteiger partial charge < -0.3 is 4.74 Å². The zero-order valence-electron chi connectivity index (χ0n) is 8.22. The molecule has 0 unspecified atom stereocenters. The molecule has 0 aliphatic heterocycles. The molecule has 3 nitrogen and oxygen atoms in total. The number of carbonyl (C=O) groups excluding carboxylic acids is 1. The van der Waals surface area contributed by atoms with Gasteiger partial charge in [-0.05, 0) is 17.7 Å². The van der Waals surface area contributed by atoms with Crippen LogP contribution in [0.25, 0.3) is 0 Å². The maximum absolute atomic E-state index is 10.4. The predicted molar refractivity (Wildman–Crippen MR) is 63.3 cm³/mol. The van der Waals surface area contributed by atoms with Gasteiger partial charge in [0.1, 0.15) is 12.3 Å². The third-order valence-electron chi connectivity index (χ3n) is 1.90. The second-order valence-corrected chi connectivity index (χ2v) is 4.33. The Balaban J connectivity index is 1.96. The number of nitrogens with zero attached hydrogens (tertiary/aromatic N) is 1. The third-order valence-corrected chi connectivity index (χ3v) is 2.92. The van der Waals surface area contributed by atoms with Gasteiger partial charge in [0, 0.05) is 10.4 Å². The molecule has 0 saturated heterocycles. The summed E-state index contributed by atoms with van der Waals surface area (Å²) in [6, 6.07) is 7.38. The number of rotatable bonds is 4. The van der Waals surface area contributed by atoms with E-state index in [2.05, 4.69) is 4.98 Å². The van der Waals surface area contributed by atoms with Crippen LogP contribution in [-0.2, 0) is 6.61 Å². The van der Waals surface area contributed by atoms with Crippen molar-refractivity contribution in [2.75, 3.05) is 0 Å². The highest BCUT2D eigenvalue weighted by Crippen LogP contribution is 2.18. The van der Waals surface area contributed by atoms with Crippen LogP contribution >= 0.6 is 22.9 Å². The van der Waals surface area contributed by atoms with Gasteiger partial charge in [0.05, 0.1) is 0 Å². The number of hydrogen-bond acceptors (Lipinski definition) is 4. The molecule has 5 heteroatoms. The number of carbonyl (C=O) groups is 1. The van der Waals surface area contributed by atoms with Gasteiger partial charge in [0.2, 0.25) is 0 Å². The zero-order valence-corrected chi connectivity index (χ0v) is 9.79. The molecule has 1 heterocycles. The van der Waals surface area contributed by atoms with Crippen LogP contribution < -0.4 is 4.74 Å². The Hall–Kier alpha value is -1.39. The summed E-state index contributed by atoms with van der Waals surface area (Å²) < 4.78 is 5.42. The van der Waals surface area contributed by atoms with Gasteiger partial charge >= 0.3 is 0 Å². The molecule has 0 N–H and O–H groups in total. The Labute approximate surface area is 102 Å². The van der Waals surface area contributed by atoms with Gasteiger partial charge in [-0.25, -0.2) is 0 Å². The van der Waals surface area contributed by atoms with Crippen molar-refractivity contribution in [3.05, 3.63) is 45.9 Å². The first-order valence-corrected chi connectivity index (χ1v) is 5.81. The predicted octanol–water partition coefficient (Wildman–Crippen LogP) is 3.19. The number of aromatic nitrogens is 1. The van der Waals surface area contributed by atoms with Crippen molar-refractivity contribution in [2.45, 2.75) is 6.61 Å². The van der Waals surface area contributed by atoms with Crippen LogP contribution in [0.3, 0.4) is 0 Å². The second-order valence-electron chi connectivity index (χ2n) is 3.07. The largest absolute Gasteiger partial charge is 0.465 e.